The summed E-state index contributed by atoms with van der Waals surface area (Å²) in [5.41, 5.74) is 0. The Morgan fingerprint density at radius 2 is 1.85 bits per heavy atom. The van der Waals surface area contributed by atoms with E-state index < -0.39 is 32.8 Å². The van der Waals surface area contributed by atoms with E-state index in [0.717, 1.165) is 0 Å². The fourth-order valence-corrected chi connectivity index (χ4v) is 2.85. The first kappa shape index (κ1) is 11.1. The van der Waals surface area contributed by atoms with Crippen molar-refractivity contribution in [3.05, 3.63) is 0 Å². The molecule has 1 fully saturated rings. The van der Waals surface area contributed by atoms with Gasteiger partial charge in [-0.05, 0) is 18.8 Å². The van der Waals surface area contributed by atoms with Gasteiger partial charge in [0.1, 0.15) is 0 Å². The van der Waals surface area contributed by atoms with E-state index in [4.69, 9.17) is 10.7 Å². The van der Waals surface area contributed by atoms with Gasteiger partial charge in [-0.2, -0.15) is 13.2 Å². The number of hydrogen-bond donors (Lipinski definition) is 0. The minimum Gasteiger partial charge on any atom is -0.212 e. The fourth-order valence-electron chi connectivity index (χ4n) is 1.46. The zero-order valence-electron chi connectivity index (χ0n) is 6.51. The van der Waals surface area contributed by atoms with Crippen molar-refractivity contribution < 1.29 is 21.6 Å². The molecular weight excluding hydrogens is 229 g/mol. The second-order valence-electron chi connectivity index (χ2n) is 3.19. The molecule has 0 amide bonds. The molecule has 0 radical (unpaired) electrons. The van der Waals surface area contributed by atoms with Crippen LogP contribution in [0.1, 0.15) is 12.8 Å². The summed E-state index contributed by atoms with van der Waals surface area (Å²) in [7, 11) is 1.06. The van der Waals surface area contributed by atoms with Gasteiger partial charge in [0.15, 0.2) is 0 Å². The lowest BCUT2D eigenvalue weighted by Gasteiger charge is -2.36. The van der Waals surface area contributed by atoms with Gasteiger partial charge < -0.3 is 0 Å². The molecule has 1 rings (SSSR count). The average molecular weight is 237 g/mol. The molecule has 0 saturated heterocycles. The Morgan fingerprint density at radius 3 is 2.08 bits per heavy atom. The van der Waals surface area contributed by atoms with Crippen molar-refractivity contribution in [3.8, 4) is 0 Å². The summed E-state index contributed by atoms with van der Waals surface area (Å²) in [5.74, 6) is -2.90. The maximum Gasteiger partial charge on any atom is 0.392 e. The Kier molecular flexibility index (Phi) is 2.83. The van der Waals surface area contributed by atoms with E-state index in [1.54, 1.807) is 0 Å². The van der Waals surface area contributed by atoms with E-state index in [-0.39, 0.29) is 12.8 Å². The first-order chi connectivity index (χ1) is 5.70. The van der Waals surface area contributed by atoms with Crippen molar-refractivity contribution in [3.63, 3.8) is 0 Å². The maximum atomic E-state index is 12.1. The number of halogens is 4. The van der Waals surface area contributed by atoms with Crippen LogP contribution in [-0.4, -0.2) is 20.3 Å². The lowest BCUT2D eigenvalue weighted by Crippen LogP contribution is -2.41. The topological polar surface area (TPSA) is 34.1 Å². The van der Waals surface area contributed by atoms with Crippen LogP contribution in [0.3, 0.4) is 0 Å². The van der Waals surface area contributed by atoms with Crippen molar-refractivity contribution in [2.45, 2.75) is 19.0 Å². The Labute approximate surface area is 78.5 Å². The molecule has 0 aromatic rings. The second kappa shape index (κ2) is 3.31. The Morgan fingerprint density at radius 1 is 1.31 bits per heavy atom. The summed E-state index contributed by atoms with van der Waals surface area (Å²) in [5, 5.41) is 0. The summed E-state index contributed by atoms with van der Waals surface area (Å²) in [6.07, 6.45) is -3.98. The third-order valence-corrected chi connectivity index (χ3v) is 3.46. The van der Waals surface area contributed by atoms with Crippen LogP contribution in [0.2, 0.25) is 0 Å². The molecule has 0 N–H and O–H groups in total. The first-order valence-corrected chi connectivity index (χ1v) is 6.17. The molecule has 0 aromatic heterocycles. The molecule has 78 valence electrons. The summed E-state index contributed by atoms with van der Waals surface area (Å²) < 4.78 is 57.3. The molecule has 0 spiro atoms. The van der Waals surface area contributed by atoms with Gasteiger partial charge in [0.05, 0.1) is 11.7 Å². The molecule has 2 nitrogen and oxygen atoms in total. The first-order valence-electron chi connectivity index (χ1n) is 3.69. The van der Waals surface area contributed by atoms with Crippen molar-refractivity contribution in [1.82, 2.24) is 0 Å². The van der Waals surface area contributed by atoms with Crippen LogP contribution in [0.25, 0.3) is 0 Å². The predicted molar refractivity (Wildman–Crippen MR) is 41.9 cm³/mol. The number of alkyl halides is 3. The fraction of sp³-hybridized carbons (Fsp3) is 1.00. The molecule has 0 aromatic carbocycles. The molecule has 1 aliphatic rings. The zero-order valence-corrected chi connectivity index (χ0v) is 8.09. The normalized spacial score (nSPS) is 29.8. The number of rotatable bonds is 2. The summed E-state index contributed by atoms with van der Waals surface area (Å²) >= 11 is 0. The Hall–Kier alpha value is 0.0300. The molecule has 0 aliphatic heterocycles. The van der Waals surface area contributed by atoms with Crippen LogP contribution in [0.4, 0.5) is 13.2 Å². The van der Waals surface area contributed by atoms with E-state index >= 15 is 0 Å². The quantitative estimate of drug-likeness (QED) is 0.689. The highest BCUT2D eigenvalue weighted by Gasteiger charge is 2.50. The van der Waals surface area contributed by atoms with Gasteiger partial charge in [-0.3, -0.25) is 0 Å². The SMILES string of the molecule is O=S(=O)(Cl)C[C@@H]1CC[C@H]1C(F)(F)F. The van der Waals surface area contributed by atoms with Gasteiger partial charge >= 0.3 is 6.18 Å². The Balaban J connectivity index is 2.56. The maximum absolute atomic E-state index is 12.1. The van der Waals surface area contributed by atoms with E-state index in [1.807, 2.05) is 0 Å². The van der Waals surface area contributed by atoms with Crippen LogP contribution in [-0.2, 0) is 9.05 Å². The molecule has 13 heavy (non-hydrogen) atoms. The van der Waals surface area contributed by atoms with E-state index in [2.05, 4.69) is 0 Å². The highest BCUT2D eigenvalue weighted by Crippen LogP contribution is 2.46. The molecule has 2 atom stereocenters. The standard InChI is InChI=1S/C6H8ClF3O2S/c7-13(11,12)3-4-1-2-5(4)6(8,9)10/h4-5H,1-3H2/t4-,5+/m0/s1. The monoisotopic (exact) mass is 236 g/mol. The smallest absolute Gasteiger partial charge is 0.212 e. The molecule has 0 heterocycles. The highest BCUT2D eigenvalue weighted by molar-refractivity contribution is 8.13. The lowest BCUT2D eigenvalue weighted by molar-refractivity contribution is -0.209. The molecular formula is C6H8ClF3O2S. The lowest BCUT2D eigenvalue weighted by atomic mass is 9.74. The Bertz CT molecular complexity index is 285. The third kappa shape index (κ3) is 3.02. The minimum atomic E-state index is -4.29. The van der Waals surface area contributed by atoms with Crippen molar-refractivity contribution in [2.75, 3.05) is 5.75 Å². The molecule has 0 unspecified atom stereocenters. The van der Waals surface area contributed by atoms with Crippen molar-refractivity contribution >= 4 is 19.7 Å². The van der Waals surface area contributed by atoms with Crippen LogP contribution >= 0.6 is 10.7 Å². The summed E-state index contributed by atoms with van der Waals surface area (Å²) in [6, 6.07) is 0. The largest absolute Gasteiger partial charge is 0.392 e. The second-order valence-corrected chi connectivity index (χ2v) is 6.01. The van der Waals surface area contributed by atoms with Gasteiger partial charge in [0.25, 0.3) is 0 Å². The van der Waals surface area contributed by atoms with Crippen LogP contribution < -0.4 is 0 Å². The van der Waals surface area contributed by atoms with Gasteiger partial charge in [0, 0.05) is 10.7 Å². The average Bonchev–Trinajstić information content (AvgIpc) is 1.73. The van der Waals surface area contributed by atoms with Gasteiger partial charge in [0.2, 0.25) is 9.05 Å². The van der Waals surface area contributed by atoms with Crippen molar-refractivity contribution in [1.29, 1.82) is 0 Å². The molecule has 0 bridgehead atoms. The summed E-state index contributed by atoms with van der Waals surface area (Å²) in [6.45, 7) is 0. The van der Waals surface area contributed by atoms with Crippen LogP contribution in [0.15, 0.2) is 0 Å². The van der Waals surface area contributed by atoms with E-state index in [1.165, 1.54) is 0 Å². The molecule has 1 saturated carbocycles. The zero-order chi connectivity index (χ0) is 10.3. The molecule has 1 aliphatic carbocycles. The minimum absolute atomic E-state index is 0.0145. The van der Waals surface area contributed by atoms with Crippen LogP contribution in [0.5, 0.6) is 0 Å². The van der Waals surface area contributed by atoms with E-state index in [9.17, 15) is 21.6 Å². The predicted octanol–water partition coefficient (Wildman–Crippen LogP) is 2.14. The van der Waals surface area contributed by atoms with Gasteiger partial charge in [-0.1, -0.05) is 0 Å². The highest BCUT2D eigenvalue weighted by atomic mass is 35.7. The van der Waals surface area contributed by atoms with Gasteiger partial charge in [-0.25, -0.2) is 8.42 Å². The molecule has 7 heteroatoms. The van der Waals surface area contributed by atoms with Crippen LogP contribution in [0, 0.1) is 11.8 Å². The van der Waals surface area contributed by atoms with Crippen molar-refractivity contribution in [2.24, 2.45) is 11.8 Å². The van der Waals surface area contributed by atoms with Gasteiger partial charge in [-0.15, -0.1) is 0 Å². The van der Waals surface area contributed by atoms with E-state index in [0.29, 0.717) is 0 Å². The summed E-state index contributed by atoms with van der Waals surface area (Å²) in [4.78, 5) is 0. The number of hydrogen-bond acceptors (Lipinski definition) is 2. The third-order valence-electron chi connectivity index (χ3n) is 2.25.